The summed E-state index contributed by atoms with van der Waals surface area (Å²) >= 11 is 0. The Hall–Kier alpha value is -1.60. The van der Waals surface area contributed by atoms with E-state index in [1.165, 1.54) is 12.8 Å². The van der Waals surface area contributed by atoms with Gasteiger partial charge in [-0.1, -0.05) is 0 Å². The van der Waals surface area contributed by atoms with Gasteiger partial charge in [0.2, 0.25) is 0 Å². The van der Waals surface area contributed by atoms with E-state index in [1.54, 1.807) is 7.11 Å². The van der Waals surface area contributed by atoms with Crippen LogP contribution in [0.25, 0.3) is 0 Å². The minimum Gasteiger partial charge on any atom is -0.383 e. The van der Waals surface area contributed by atoms with Gasteiger partial charge < -0.3 is 9.64 Å². The maximum Gasteiger partial charge on any atom is 0.147 e. The third-order valence-electron chi connectivity index (χ3n) is 4.04. The molecule has 2 rings (SSSR count). The number of methoxy groups -OCH3 is 1. The van der Waals surface area contributed by atoms with Crippen LogP contribution in [0.2, 0.25) is 0 Å². The maximum absolute atomic E-state index is 9.45. The lowest BCUT2D eigenvalue weighted by Crippen LogP contribution is -2.38. The number of hydrogen-bond donors (Lipinski definition) is 0. The fourth-order valence-electron chi connectivity index (χ4n) is 2.69. The van der Waals surface area contributed by atoms with E-state index in [0.29, 0.717) is 18.2 Å². The lowest BCUT2D eigenvalue weighted by atomic mass is 10.1. The van der Waals surface area contributed by atoms with Gasteiger partial charge in [0.15, 0.2) is 0 Å². The van der Waals surface area contributed by atoms with E-state index >= 15 is 0 Å². The standard InChI is InChI=1S/C16H23N3O/c1-11-9-12(2)18-16(15(11)10-17)19(7-8-20-4)13(3)14-5-6-14/h9,13-14H,5-8H2,1-4H3. The van der Waals surface area contributed by atoms with E-state index in [0.717, 1.165) is 29.5 Å². The third-order valence-corrected chi connectivity index (χ3v) is 4.04. The van der Waals surface area contributed by atoms with Crippen molar-refractivity contribution in [3.63, 3.8) is 0 Å². The molecule has 1 aliphatic rings. The average Bonchev–Trinajstić information content (AvgIpc) is 3.22. The number of nitrogens with zero attached hydrogens (tertiary/aromatic N) is 3. The molecule has 108 valence electrons. The molecule has 0 aromatic carbocycles. The molecule has 1 aromatic rings. The molecule has 1 fully saturated rings. The van der Waals surface area contributed by atoms with Crippen LogP contribution >= 0.6 is 0 Å². The quantitative estimate of drug-likeness (QED) is 0.799. The molecule has 0 saturated heterocycles. The van der Waals surface area contributed by atoms with Crippen LogP contribution in [-0.4, -0.2) is 31.3 Å². The minimum atomic E-state index is 0.408. The van der Waals surface area contributed by atoms with Gasteiger partial charge >= 0.3 is 0 Å². The van der Waals surface area contributed by atoms with Crippen molar-refractivity contribution in [2.75, 3.05) is 25.2 Å². The molecule has 0 aliphatic heterocycles. The van der Waals surface area contributed by atoms with Gasteiger partial charge in [0, 0.05) is 25.4 Å². The molecule has 1 atom stereocenters. The highest BCUT2D eigenvalue weighted by Gasteiger charge is 2.33. The van der Waals surface area contributed by atoms with Crippen molar-refractivity contribution < 1.29 is 4.74 Å². The van der Waals surface area contributed by atoms with E-state index < -0.39 is 0 Å². The Bertz CT molecular complexity index is 517. The van der Waals surface area contributed by atoms with Crippen molar-refractivity contribution in [1.29, 1.82) is 5.26 Å². The average molecular weight is 273 g/mol. The van der Waals surface area contributed by atoms with Crippen LogP contribution in [-0.2, 0) is 4.74 Å². The second-order valence-corrected chi connectivity index (χ2v) is 5.66. The van der Waals surface area contributed by atoms with Crippen LogP contribution in [0.3, 0.4) is 0 Å². The van der Waals surface area contributed by atoms with Crippen LogP contribution in [0.1, 0.15) is 36.6 Å². The largest absolute Gasteiger partial charge is 0.383 e. The van der Waals surface area contributed by atoms with E-state index in [1.807, 2.05) is 19.9 Å². The first-order valence-corrected chi connectivity index (χ1v) is 7.22. The Kier molecular flexibility index (Phi) is 4.61. The maximum atomic E-state index is 9.45. The summed E-state index contributed by atoms with van der Waals surface area (Å²) in [7, 11) is 1.71. The normalized spacial score (nSPS) is 15.8. The monoisotopic (exact) mass is 273 g/mol. The zero-order valence-electron chi connectivity index (χ0n) is 12.8. The van der Waals surface area contributed by atoms with Gasteiger partial charge in [-0.25, -0.2) is 4.98 Å². The minimum absolute atomic E-state index is 0.408. The summed E-state index contributed by atoms with van der Waals surface area (Å²) in [6.45, 7) is 7.62. The molecule has 4 nitrogen and oxygen atoms in total. The van der Waals surface area contributed by atoms with Gasteiger partial charge in [-0.3, -0.25) is 0 Å². The molecule has 20 heavy (non-hydrogen) atoms. The molecule has 1 aliphatic carbocycles. The number of ether oxygens (including phenoxy) is 1. The second-order valence-electron chi connectivity index (χ2n) is 5.66. The second kappa shape index (κ2) is 6.23. The molecule has 1 unspecified atom stereocenters. The molecule has 4 heteroatoms. The van der Waals surface area contributed by atoms with Gasteiger partial charge in [-0.05, 0) is 51.2 Å². The van der Waals surface area contributed by atoms with Crippen molar-refractivity contribution in [2.45, 2.75) is 39.7 Å². The first-order chi connectivity index (χ1) is 9.58. The molecule has 0 bridgehead atoms. The molecule has 0 spiro atoms. The first-order valence-electron chi connectivity index (χ1n) is 7.22. The lowest BCUT2D eigenvalue weighted by Gasteiger charge is -2.31. The summed E-state index contributed by atoms with van der Waals surface area (Å²) in [6, 6.07) is 4.70. The Balaban J connectivity index is 2.39. The topological polar surface area (TPSA) is 49.1 Å². The van der Waals surface area contributed by atoms with E-state index in [2.05, 4.69) is 22.9 Å². The highest BCUT2D eigenvalue weighted by atomic mass is 16.5. The van der Waals surface area contributed by atoms with Gasteiger partial charge in [-0.2, -0.15) is 5.26 Å². The van der Waals surface area contributed by atoms with Gasteiger partial charge in [-0.15, -0.1) is 0 Å². The van der Waals surface area contributed by atoms with Crippen LogP contribution in [0.5, 0.6) is 0 Å². The van der Waals surface area contributed by atoms with Crippen molar-refractivity contribution in [3.05, 3.63) is 22.9 Å². The van der Waals surface area contributed by atoms with Crippen molar-refractivity contribution >= 4 is 5.82 Å². The van der Waals surface area contributed by atoms with Crippen molar-refractivity contribution in [2.24, 2.45) is 5.92 Å². The predicted molar refractivity (Wildman–Crippen MR) is 79.8 cm³/mol. The number of anilines is 1. The lowest BCUT2D eigenvalue weighted by molar-refractivity contribution is 0.202. The van der Waals surface area contributed by atoms with Crippen molar-refractivity contribution in [1.82, 2.24) is 4.98 Å². The Morgan fingerprint density at radius 2 is 2.20 bits per heavy atom. The molecule has 1 saturated carbocycles. The number of hydrogen-bond acceptors (Lipinski definition) is 4. The summed E-state index contributed by atoms with van der Waals surface area (Å²) in [4.78, 5) is 6.89. The number of nitriles is 1. The van der Waals surface area contributed by atoms with E-state index in [9.17, 15) is 5.26 Å². The molecule has 0 N–H and O–H groups in total. The Morgan fingerprint density at radius 1 is 1.50 bits per heavy atom. The fraction of sp³-hybridized carbons (Fsp3) is 0.625. The third kappa shape index (κ3) is 3.10. The van der Waals surface area contributed by atoms with Gasteiger partial charge in [0.05, 0.1) is 12.2 Å². The Morgan fingerprint density at radius 3 is 2.75 bits per heavy atom. The summed E-state index contributed by atoms with van der Waals surface area (Å²) in [6.07, 6.45) is 2.55. The smallest absolute Gasteiger partial charge is 0.147 e. The van der Waals surface area contributed by atoms with E-state index in [4.69, 9.17) is 4.74 Å². The molecule has 0 amide bonds. The van der Waals surface area contributed by atoms with Gasteiger partial charge in [0.25, 0.3) is 0 Å². The highest BCUT2D eigenvalue weighted by Crippen LogP contribution is 2.37. The molecule has 1 aromatic heterocycles. The summed E-state index contributed by atoms with van der Waals surface area (Å²) in [5.74, 6) is 1.54. The van der Waals surface area contributed by atoms with E-state index in [-0.39, 0.29) is 0 Å². The molecule has 1 heterocycles. The summed E-state index contributed by atoms with van der Waals surface area (Å²) in [5, 5.41) is 9.45. The first kappa shape index (κ1) is 14.8. The number of pyridine rings is 1. The molecule has 0 radical (unpaired) electrons. The summed E-state index contributed by atoms with van der Waals surface area (Å²) in [5.41, 5.74) is 2.65. The van der Waals surface area contributed by atoms with Crippen LogP contribution < -0.4 is 4.90 Å². The molecular formula is C16H23N3O. The van der Waals surface area contributed by atoms with Crippen molar-refractivity contribution in [3.8, 4) is 6.07 Å². The number of aryl methyl sites for hydroxylation is 2. The Labute approximate surface area is 121 Å². The van der Waals surface area contributed by atoms with Gasteiger partial charge in [0.1, 0.15) is 11.9 Å². The SMILES string of the molecule is COCCN(c1nc(C)cc(C)c1C#N)C(C)C1CC1. The highest BCUT2D eigenvalue weighted by molar-refractivity contribution is 5.58. The zero-order valence-corrected chi connectivity index (χ0v) is 12.8. The molecular weight excluding hydrogens is 250 g/mol. The van der Waals surface area contributed by atoms with Crippen LogP contribution in [0, 0.1) is 31.1 Å². The van der Waals surface area contributed by atoms with Crippen LogP contribution in [0.4, 0.5) is 5.82 Å². The number of rotatable bonds is 6. The predicted octanol–water partition coefficient (Wildman–Crippen LogP) is 2.82. The fourth-order valence-corrected chi connectivity index (χ4v) is 2.69. The number of aromatic nitrogens is 1. The summed E-state index contributed by atoms with van der Waals surface area (Å²) < 4.78 is 5.23. The zero-order chi connectivity index (χ0) is 14.7. The van der Waals surface area contributed by atoms with Crippen LogP contribution in [0.15, 0.2) is 6.07 Å².